The number of hydrogen-bond acceptors (Lipinski definition) is 11. The van der Waals surface area contributed by atoms with Gasteiger partial charge in [0.25, 0.3) is 0 Å². The van der Waals surface area contributed by atoms with Crippen molar-refractivity contribution in [3.63, 3.8) is 0 Å². The highest BCUT2D eigenvalue weighted by Gasteiger charge is 2.43. The van der Waals surface area contributed by atoms with Gasteiger partial charge in [-0.1, -0.05) is 0 Å². The molecule has 227 valence electrons. The van der Waals surface area contributed by atoms with Crippen LogP contribution in [0.5, 0.6) is 0 Å². The Labute approximate surface area is 228 Å². The first-order valence-electron chi connectivity index (χ1n) is 11.8. The first-order chi connectivity index (χ1) is 18.7. The molecule has 1 radical (unpaired) electrons. The Hall–Kier alpha value is -3.87. The lowest BCUT2D eigenvalue weighted by Gasteiger charge is -2.36. The molecule has 0 saturated heterocycles. The van der Waals surface area contributed by atoms with Crippen LogP contribution in [0.3, 0.4) is 0 Å². The minimum atomic E-state index is -2.19. The minimum absolute atomic E-state index is 0.191. The van der Waals surface area contributed by atoms with Gasteiger partial charge in [-0.3, -0.25) is 24.2 Å². The molecule has 0 fully saturated rings. The third-order valence-electron chi connectivity index (χ3n) is 4.73. The Morgan fingerprint density at radius 1 is 0.550 bits per heavy atom. The minimum Gasteiger partial charge on any atom is -0.478 e. The summed E-state index contributed by atoms with van der Waals surface area (Å²) < 4.78 is 20.0. The van der Waals surface area contributed by atoms with Crippen molar-refractivity contribution in [2.24, 2.45) is 0 Å². The van der Waals surface area contributed by atoms with Gasteiger partial charge in [-0.25, -0.2) is 19.2 Å². The number of hydrogen-bond donors (Lipinski definition) is 4. The smallest absolute Gasteiger partial charge is 0.354 e. The predicted molar refractivity (Wildman–Crippen MR) is 128 cm³/mol. The van der Waals surface area contributed by atoms with E-state index in [-0.39, 0.29) is 36.2 Å². The number of rotatable bonds is 20. The fourth-order valence-electron chi connectivity index (χ4n) is 3.20. The summed E-state index contributed by atoms with van der Waals surface area (Å²) in [4.78, 5) is 86.6. The Balaban J connectivity index is 6.52. The fraction of sp³-hybridized carbons (Fsp3) is 0.636. The molecule has 0 aromatic rings. The summed E-state index contributed by atoms with van der Waals surface area (Å²) in [5, 5.41) is 38.2. The van der Waals surface area contributed by atoms with Gasteiger partial charge in [0.05, 0.1) is 0 Å². The standard InChI is InChI=1S/C22H34N3O15/c1-6-37-15(19(29)30)24(16(20(31)32)38-7-2)13(27)10-23(12(5)26)11-14(28)25(17(21(33)34)39-8-3)18(22(35)36)40-9-4/h15-18H,5-11H2,1-4H3,(H,29,30)(H,31,32)(H,33,34)(H,35,36). The van der Waals surface area contributed by atoms with Gasteiger partial charge in [0, 0.05) is 33.4 Å². The molecular formula is C22H34N3O15. The van der Waals surface area contributed by atoms with Crippen molar-refractivity contribution >= 4 is 41.6 Å². The number of amides is 3. The second kappa shape index (κ2) is 17.7. The Kier molecular flexibility index (Phi) is 16.0. The van der Waals surface area contributed by atoms with Crippen molar-refractivity contribution in [1.29, 1.82) is 0 Å². The van der Waals surface area contributed by atoms with Crippen molar-refractivity contribution < 1.29 is 72.9 Å². The van der Waals surface area contributed by atoms with Gasteiger partial charge >= 0.3 is 23.9 Å². The number of nitrogens with zero attached hydrogens (tertiary/aromatic N) is 3. The van der Waals surface area contributed by atoms with E-state index in [1.54, 1.807) is 0 Å². The van der Waals surface area contributed by atoms with E-state index in [0.29, 0.717) is 4.90 Å². The van der Waals surface area contributed by atoms with Crippen LogP contribution in [0.4, 0.5) is 0 Å². The molecular weight excluding hydrogens is 546 g/mol. The number of carbonyl (C=O) groups is 7. The van der Waals surface area contributed by atoms with Crippen LogP contribution in [0.1, 0.15) is 27.7 Å². The molecule has 0 saturated carbocycles. The lowest BCUT2D eigenvalue weighted by Crippen LogP contribution is -2.60. The quantitative estimate of drug-likeness (QED) is 0.115. The summed E-state index contributed by atoms with van der Waals surface area (Å²) in [5.41, 5.74) is 0. The predicted octanol–water partition coefficient (Wildman–Crippen LogP) is -1.90. The number of carboxylic acids is 4. The van der Waals surface area contributed by atoms with Crippen molar-refractivity contribution in [3.8, 4) is 0 Å². The van der Waals surface area contributed by atoms with Crippen LogP contribution in [0, 0.1) is 6.92 Å². The van der Waals surface area contributed by atoms with Crippen molar-refractivity contribution in [2.45, 2.75) is 52.6 Å². The normalized spacial score (nSPS) is 13.8. The summed E-state index contributed by atoms with van der Waals surface area (Å²) in [6, 6.07) is 0. The molecule has 4 unspecified atom stereocenters. The molecule has 0 spiro atoms. The second-order valence-corrected chi connectivity index (χ2v) is 7.44. The average molecular weight is 581 g/mol. The number of carboxylic acid groups (broad SMARTS) is 4. The van der Waals surface area contributed by atoms with E-state index in [9.17, 15) is 54.0 Å². The Morgan fingerprint density at radius 3 is 0.925 bits per heavy atom. The van der Waals surface area contributed by atoms with E-state index in [1.165, 1.54) is 27.7 Å². The van der Waals surface area contributed by atoms with Gasteiger partial charge < -0.3 is 44.3 Å². The molecule has 0 bridgehead atoms. The Bertz CT molecular complexity index is 813. The van der Waals surface area contributed by atoms with E-state index in [1.807, 2.05) is 0 Å². The number of ether oxygens (including phenoxy) is 4. The molecule has 0 aliphatic carbocycles. The SMILES string of the molecule is [CH2]C(=O)N(CC(=O)N(C(OCC)C(=O)O)C(OCC)C(=O)O)CC(=O)N(C(OCC)C(=O)O)C(OCC)C(=O)O. The molecule has 18 heteroatoms. The average Bonchev–Trinajstić information content (AvgIpc) is 2.85. The van der Waals surface area contributed by atoms with Crippen LogP contribution in [-0.2, 0) is 52.5 Å². The van der Waals surface area contributed by atoms with Crippen LogP contribution < -0.4 is 0 Å². The maximum absolute atomic E-state index is 13.2. The van der Waals surface area contributed by atoms with Gasteiger partial charge in [0.2, 0.25) is 42.6 Å². The van der Waals surface area contributed by atoms with Gasteiger partial charge in [-0.15, -0.1) is 0 Å². The lowest BCUT2D eigenvalue weighted by atomic mass is 10.3. The second-order valence-electron chi connectivity index (χ2n) is 7.44. The maximum atomic E-state index is 13.2. The lowest BCUT2D eigenvalue weighted by molar-refractivity contribution is -0.203. The van der Waals surface area contributed by atoms with Crippen LogP contribution >= 0.6 is 0 Å². The van der Waals surface area contributed by atoms with Crippen molar-refractivity contribution in [1.82, 2.24) is 14.7 Å². The molecule has 4 N–H and O–H groups in total. The maximum Gasteiger partial charge on any atom is 0.354 e. The number of carbonyl (C=O) groups excluding carboxylic acids is 3. The van der Waals surface area contributed by atoms with E-state index < -0.39 is 79.6 Å². The summed E-state index contributed by atoms with van der Waals surface area (Å²) in [7, 11) is 0. The summed E-state index contributed by atoms with van der Waals surface area (Å²) in [6.07, 6.45) is -8.77. The molecule has 0 aliphatic heterocycles. The molecule has 18 nitrogen and oxygen atoms in total. The molecule has 40 heavy (non-hydrogen) atoms. The molecule has 0 heterocycles. The Morgan fingerprint density at radius 2 is 0.775 bits per heavy atom. The topological polar surface area (TPSA) is 247 Å². The van der Waals surface area contributed by atoms with Crippen LogP contribution in [0.25, 0.3) is 0 Å². The van der Waals surface area contributed by atoms with Crippen molar-refractivity contribution in [3.05, 3.63) is 6.92 Å². The van der Waals surface area contributed by atoms with E-state index in [2.05, 4.69) is 6.92 Å². The first-order valence-corrected chi connectivity index (χ1v) is 11.8. The largest absolute Gasteiger partial charge is 0.478 e. The molecule has 0 rings (SSSR count). The van der Waals surface area contributed by atoms with E-state index >= 15 is 0 Å². The number of aliphatic carboxylic acids is 4. The third-order valence-corrected chi connectivity index (χ3v) is 4.73. The third kappa shape index (κ3) is 10.4. The monoisotopic (exact) mass is 580 g/mol. The van der Waals surface area contributed by atoms with Crippen LogP contribution in [0.15, 0.2) is 0 Å². The zero-order valence-electron chi connectivity index (χ0n) is 22.4. The highest BCUT2D eigenvalue weighted by atomic mass is 16.6. The summed E-state index contributed by atoms with van der Waals surface area (Å²) in [6.45, 7) is 5.05. The van der Waals surface area contributed by atoms with Gasteiger partial charge in [-0.05, 0) is 27.7 Å². The molecule has 4 atom stereocenters. The van der Waals surface area contributed by atoms with Gasteiger partial charge in [0.1, 0.15) is 13.1 Å². The van der Waals surface area contributed by atoms with E-state index in [0.717, 1.165) is 0 Å². The van der Waals surface area contributed by atoms with Crippen LogP contribution in [0.2, 0.25) is 0 Å². The van der Waals surface area contributed by atoms with Crippen molar-refractivity contribution in [2.75, 3.05) is 39.5 Å². The zero-order chi connectivity index (χ0) is 31.2. The van der Waals surface area contributed by atoms with E-state index in [4.69, 9.17) is 18.9 Å². The zero-order valence-corrected chi connectivity index (χ0v) is 22.4. The molecule has 3 amide bonds. The summed E-state index contributed by atoms with van der Waals surface area (Å²) in [5.74, 6) is -11.1. The van der Waals surface area contributed by atoms with Gasteiger partial charge in [0.15, 0.2) is 0 Å². The van der Waals surface area contributed by atoms with Gasteiger partial charge in [-0.2, -0.15) is 0 Å². The first kappa shape index (κ1) is 36.1. The highest BCUT2D eigenvalue weighted by Crippen LogP contribution is 2.15. The molecule has 0 aromatic carbocycles. The summed E-state index contributed by atoms with van der Waals surface area (Å²) >= 11 is 0. The molecule has 0 aromatic heterocycles. The molecule has 0 aliphatic rings. The highest BCUT2D eigenvalue weighted by molar-refractivity contribution is 5.94. The fourth-order valence-corrected chi connectivity index (χ4v) is 3.20. The van der Waals surface area contributed by atoms with Crippen LogP contribution in [-0.4, -0.2) is 141 Å².